The predicted molar refractivity (Wildman–Crippen MR) is 137 cm³/mol. The Morgan fingerprint density at radius 1 is 0.732 bits per heavy atom. The Balaban J connectivity index is 1.82. The van der Waals surface area contributed by atoms with Gasteiger partial charge in [-0.3, -0.25) is 4.79 Å². The van der Waals surface area contributed by atoms with Gasteiger partial charge in [-0.25, -0.2) is 0 Å². The first-order valence-corrected chi connectivity index (χ1v) is 12.7. The van der Waals surface area contributed by atoms with Gasteiger partial charge in [0.1, 0.15) is 83.3 Å². The zero-order valence-corrected chi connectivity index (χ0v) is 21.5. The molecular formula is C27H30O14. The number of phenols is 3. The fourth-order valence-corrected chi connectivity index (χ4v) is 5.34. The average Bonchev–Trinajstić information content (AvgIpc) is 2.94. The first-order chi connectivity index (χ1) is 19.4. The molecule has 222 valence electrons. The van der Waals surface area contributed by atoms with Gasteiger partial charge >= 0.3 is 0 Å². The predicted octanol–water partition coefficient (Wildman–Crippen LogP) is -1.37. The van der Waals surface area contributed by atoms with Gasteiger partial charge in [-0.2, -0.15) is 0 Å². The minimum atomic E-state index is -1.97. The number of fused-ring (bicyclic) bond motifs is 1. The van der Waals surface area contributed by atoms with Crippen molar-refractivity contribution in [2.24, 2.45) is 0 Å². The Hall–Kier alpha value is -3.31. The summed E-state index contributed by atoms with van der Waals surface area (Å²) in [7, 11) is 0. The molecule has 0 bridgehead atoms. The molecule has 2 aliphatic heterocycles. The quantitative estimate of drug-likeness (QED) is 0.172. The maximum absolute atomic E-state index is 13.4. The average molecular weight is 579 g/mol. The fraction of sp³-hybridized carbons (Fsp3) is 0.444. The molecule has 0 radical (unpaired) electrons. The lowest BCUT2D eigenvalue weighted by Crippen LogP contribution is -2.55. The molecule has 5 rings (SSSR count). The van der Waals surface area contributed by atoms with Gasteiger partial charge in [0, 0.05) is 11.6 Å². The Morgan fingerprint density at radius 2 is 1.32 bits per heavy atom. The highest BCUT2D eigenvalue weighted by Crippen LogP contribution is 2.50. The Labute approximate surface area is 231 Å². The van der Waals surface area contributed by atoms with Crippen molar-refractivity contribution in [2.75, 3.05) is 6.61 Å². The third-order valence-electron chi connectivity index (χ3n) is 7.66. The lowest BCUT2D eigenvalue weighted by atomic mass is 9.85. The van der Waals surface area contributed by atoms with Gasteiger partial charge in [0.2, 0.25) is 0 Å². The third kappa shape index (κ3) is 4.72. The zero-order valence-electron chi connectivity index (χ0n) is 21.5. The van der Waals surface area contributed by atoms with E-state index in [1.807, 2.05) is 0 Å². The summed E-state index contributed by atoms with van der Waals surface area (Å²) in [5.41, 5.74) is -2.20. The van der Waals surface area contributed by atoms with Crippen molar-refractivity contribution in [3.63, 3.8) is 0 Å². The molecular weight excluding hydrogens is 548 g/mol. The second-order valence-electron chi connectivity index (χ2n) is 10.2. The molecule has 1 aromatic heterocycles. The summed E-state index contributed by atoms with van der Waals surface area (Å²) in [6, 6.07) is 6.48. The molecule has 14 heteroatoms. The number of hydrogen-bond acceptors (Lipinski definition) is 14. The summed E-state index contributed by atoms with van der Waals surface area (Å²) >= 11 is 0. The lowest BCUT2D eigenvalue weighted by molar-refractivity contribution is -0.232. The molecule has 2 aromatic carbocycles. The molecule has 14 nitrogen and oxygen atoms in total. The third-order valence-corrected chi connectivity index (χ3v) is 7.66. The molecule has 0 amide bonds. The molecule has 41 heavy (non-hydrogen) atoms. The largest absolute Gasteiger partial charge is 0.508 e. The van der Waals surface area contributed by atoms with E-state index >= 15 is 0 Å². The SMILES string of the molecule is C[C@H]1O[C@@H](c2c(O)c([C@@H]3O[C@H](CO)[C@@H](O)[C@H](O)[C@H]3O)c3oc(-c4ccc(O)cc4)cc(=O)c3c2O)[C@H](O)[C@H](O)[C@H]1O. The van der Waals surface area contributed by atoms with Crippen LogP contribution in [0.3, 0.4) is 0 Å². The highest BCUT2D eigenvalue weighted by Gasteiger charge is 2.49. The van der Waals surface area contributed by atoms with Crippen LogP contribution in [0, 0.1) is 0 Å². The molecule has 0 aliphatic carbocycles. The summed E-state index contributed by atoms with van der Waals surface area (Å²) in [5.74, 6) is -2.01. The van der Waals surface area contributed by atoms with Gasteiger partial charge < -0.3 is 65.0 Å². The number of phenolic OH excluding ortho intramolecular Hbond substituents is 3. The number of ether oxygens (including phenoxy) is 2. The highest BCUT2D eigenvalue weighted by molar-refractivity contribution is 5.92. The smallest absolute Gasteiger partial charge is 0.197 e. The molecule has 2 saturated heterocycles. The van der Waals surface area contributed by atoms with E-state index in [1.54, 1.807) is 0 Å². The van der Waals surface area contributed by atoms with Gasteiger partial charge in [0.15, 0.2) is 11.0 Å². The first kappa shape index (κ1) is 29.2. The summed E-state index contributed by atoms with van der Waals surface area (Å²) in [4.78, 5) is 13.4. The van der Waals surface area contributed by atoms with Crippen molar-refractivity contribution in [2.45, 2.75) is 68.0 Å². The van der Waals surface area contributed by atoms with E-state index in [0.717, 1.165) is 6.07 Å². The number of rotatable bonds is 4. The number of aromatic hydroxyl groups is 3. The van der Waals surface area contributed by atoms with E-state index in [1.165, 1.54) is 31.2 Å². The summed E-state index contributed by atoms with van der Waals surface area (Å²) in [6.45, 7) is 0.540. The van der Waals surface area contributed by atoms with Crippen LogP contribution < -0.4 is 5.43 Å². The van der Waals surface area contributed by atoms with Crippen molar-refractivity contribution in [3.8, 4) is 28.6 Å². The monoisotopic (exact) mass is 578 g/mol. The maximum Gasteiger partial charge on any atom is 0.197 e. The lowest BCUT2D eigenvalue weighted by Gasteiger charge is -2.42. The summed E-state index contributed by atoms with van der Waals surface area (Å²) < 4.78 is 17.2. The Bertz CT molecular complexity index is 1480. The number of aliphatic hydroxyl groups is 7. The van der Waals surface area contributed by atoms with E-state index in [4.69, 9.17) is 13.9 Å². The van der Waals surface area contributed by atoms with Gasteiger partial charge in [-0.05, 0) is 31.2 Å². The highest BCUT2D eigenvalue weighted by atomic mass is 16.5. The van der Waals surface area contributed by atoms with Crippen LogP contribution in [0.1, 0.15) is 30.3 Å². The number of benzene rings is 2. The van der Waals surface area contributed by atoms with Crippen LogP contribution in [-0.4, -0.2) is 107 Å². The standard InChI is InChI=1S/C27H30O14/c1-8-17(31)21(35)23(37)26(39-8)15-19(33)14-11(30)6-12(9-2-4-10(29)5-3-9)40-25(14)16(20(15)34)27-24(38)22(36)18(32)13(7-28)41-27/h2-6,8,13,17-18,21-24,26-29,31-38H,7H2,1H3/t8-,13-,17+,18-,21-,22+,23-,24-,26+,27+/m1/s1. The van der Waals surface area contributed by atoms with Crippen LogP contribution >= 0.6 is 0 Å². The molecule has 3 aromatic rings. The Morgan fingerprint density at radius 3 is 1.93 bits per heavy atom. The van der Waals surface area contributed by atoms with E-state index in [2.05, 4.69) is 0 Å². The van der Waals surface area contributed by atoms with E-state index in [-0.39, 0.29) is 11.5 Å². The minimum absolute atomic E-state index is 0.0774. The molecule has 2 aliphatic rings. The molecule has 0 saturated carbocycles. The van der Waals surface area contributed by atoms with E-state index in [0.29, 0.717) is 5.56 Å². The van der Waals surface area contributed by atoms with Crippen LogP contribution in [0.25, 0.3) is 22.3 Å². The van der Waals surface area contributed by atoms with Gasteiger partial charge in [-0.1, -0.05) is 0 Å². The first-order valence-electron chi connectivity index (χ1n) is 12.7. The minimum Gasteiger partial charge on any atom is -0.508 e. The fourth-order valence-electron chi connectivity index (χ4n) is 5.34. The van der Waals surface area contributed by atoms with Crippen LogP contribution in [0.5, 0.6) is 17.2 Å². The van der Waals surface area contributed by atoms with Gasteiger partial charge in [0.05, 0.1) is 23.8 Å². The van der Waals surface area contributed by atoms with Crippen molar-refractivity contribution < 1.29 is 65.0 Å². The van der Waals surface area contributed by atoms with Crippen LogP contribution in [0.4, 0.5) is 0 Å². The second-order valence-corrected chi connectivity index (χ2v) is 10.2. The zero-order chi connectivity index (χ0) is 29.9. The van der Waals surface area contributed by atoms with Gasteiger partial charge in [-0.15, -0.1) is 0 Å². The van der Waals surface area contributed by atoms with Gasteiger partial charge in [0.25, 0.3) is 0 Å². The van der Waals surface area contributed by atoms with Crippen molar-refractivity contribution in [1.29, 1.82) is 0 Å². The molecule has 10 N–H and O–H groups in total. The van der Waals surface area contributed by atoms with Crippen molar-refractivity contribution >= 4 is 11.0 Å². The maximum atomic E-state index is 13.4. The summed E-state index contributed by atoms with van der Waals surface area (Å²) in [5, 5.41) is 104. The topological polar surface area (TPSA) is 251 Å². The van der Waals surface area contributed by atoms with Crippen LogP contribution in [0.15, 0.2) is 39.5 Å². The van der Waals surface area contributed by atoms with E-state index in [9.17, 15) is 55.9 Å². The van der Waals surface area contributed by atoms with Crippen LogP contribution in [0.2, 0.25) is 0 Å². The molecule has 0 unspecified atom stereocenters. The molecule has 10 atom stereocenters. The van der Waals surface area contributed by atoms with Crippen molar-refractivity contribution in [1.82, 2.24) is 0 Å². The normalized spacial score (nSPS) is 34.1. The Kier molecular flexibility index (Phi) is 7.71. The second kappa shape index (κ2) is 10.8. The molecule has 3 heterocycles. The van der Waals surface area contributed by atoms with E-state index < -0.39 is 107 Å². The number of aliphatic hydroxyl groups excluding tert-OH is 7. The summed E-state index contributed by atoms with van der Waals surface area (Å²) in [6.07, 6.45) is -16.9. The van der Waals surface area contributed by atoms with Crippen molar-refractivity contribution in [3.05, 3.63) is 51.7 Å². The van der Waals surface area contributed by atoms with Crippen LogP contribution in [-0.2, 0) is 9.47 Å². The molecule has 2 fully saturated rings. The number of hydrogen-bond donors (Lipinski definition) is 10. The molecule has 0 spiro atoms.